The number of hydrogen-bond acceptors (Lipinski definition) is 3. The SMILES string of the molecule is CC(Oc1ccccc1C1=NC(C)(C)CO1)c1ccccc1. The third-order valence-corrected chi connectivity index (χ3v) is 3.66. The lowest BCUT2D eigenvalue weighted by Crippen LogP contribution is -2.17. The minimum absolute atomic E-state index is 0.0302. The molecular formula is C19H21NO2. The lowest BCUT2D eigenvalue weighted by atomic mass is 10.1. The van der Waals surface area contributed by atoms with Crippen molar-refractivity contribution in [2.45, 2.75) is 32.4 Å². The van der Waals surface area contributed by atoms with Crippen molar-refractivity contribution >= 4 is 5.90 Å². The lowest BCUT2D eigenvalue weighted by Gasteiger charge is -2.17. The summed E-state index contributed by atoms with van der Waals surface area (Å²) in [6.07, 6.45) is -0.0302. The molecule has 0 bridgehead atoms. The van der Waals surface area contributed by atoms with Crippen molar-refractivity contribution in [3.8, 4) is 5.75 Å². The molecule has 1 atom stereocenters. The standard InChI is InChI=1S/C19H21NO2/c1-14(15-9-5-4-6-10-15)22-17-12-8-7-11-16(17)18-20-19(2,3)13-21-18/h4-12,14H,13H2,1-3H3. The van der Waals surface area contributed by atoms with Gasteiger partial charge in [0.15, 0.2) is 0 Å². The molecule has 3 heteroatoms. The topological polar surface area (TPSA) is 30.8 Å². The van der Waals surface area contributed by atoms with Gasteiger partial charge in [0.1, 0.15) is 18.5 Å². The molecule has 0 amide bonds. The van der Waals surface area contributed by atoms with Gasteiger partial charge in [-0.3, -0.25) is 0 Å². The third-order valence-electron chi connectivity index (χ3n) is 3.66. The van der Waals surface area contributed by atoms with Gasteiger partial charge in [0, 0.05) is 0 Å². The molecule has 22 heavy (non-hydrogen) atoms. The van der Waals surface area contributed by atoms with Crippen molar-refractivity contribution in [2.24, 2.45) is 4.99 Å². The van der Waals surface area contributed by atoms with E-state index in [-0.39, 0.29) is 11.6 Å². The second-order valence-electron chi connectivity index (χ2n) is 6.18. The number of rotatable bonds is 4. The minimum Gasteiger partial charge on any atom is -0.485 e. The van der Waals surface area contributed by atoms with E-state index in [0.717, 1.165) is 16.9 Å². The Morgan fingerprint density at radius 1 is 1.05 bits per heavy atom. The molecular weight excluding hydrogens is 274 g/mol. The van der Waals surface area contributed by atoms with Gasteiger partial charge in [-0.05, 0) is 38.5 Å². The maximum Gasteiger partial charge on any atom is 0.220 e. The van der Waals surface area contributed by atoms with Gasteiger partial charge in [0.25, 0.3) is 0 Å². The molecule has 0 radical (unpaired) electrons. The van der Waals surface area contributed by atoms with Crippen molar-refractivity contribution < 1.29 is 9.47 Å². The van der Waals surface area contributed by atoms with Crippen LogP contribution in [0.5, 0.6) is 5.75 Å². The molecule has 0 spiro atoms. The Hall–Kier alpha value is -2.29. The molecule has 3 nitrogen and oxygen atoms in total. The Morgan fingerprint density at radius 3 is 2.41 bits per heavy atom. The summed E-state index contributed by atoms with van der Waals surface area (Å²) < 4.78 is 11.9. The highest BCUT2D eigenvalue weighted by Gasteiger charge is 2.28. The zero-order valence-electron chi connectivity index (χ0n) is 13.2. The Labute approximate surface area is 131 Å². The summed E-state index contributed by atoms with van der Waals surface area (Å²) >= 11 is 0. The second-order valence-corrected chi connectivity index (χ2v) is 6.18. The molecule has 2 aromatic carbocycles. The van der Waals surface area contributed by atoms with E-state index in [2.05, 4.69) is 31.0 Å². The molecule has 0 aliphatic carbocycles. The highest BCUT2D eigenvalue weighted by atomic mass is 16.5. The zero-order valence-corrected chi connectivity index (χ0v) is 13.2. The number of hydrogen-bond donors (Lipinski definition) is 0. The van der Waals surface area contributed by atoms with Crippen LogP contribution in [0.2, 0.25) is 0 Å². The Bertz CT molecular complexity index is 677. The summed E-state index contributed by atoms with van der Waals surface area (Å²) in [6, 6.07) is 18.1. The van der Waals surface area contributed by atoms with Crippen molar-refractivity contribution in [3.05, 3.63) is 65.7 Å². The maximum absolute atomic E-state index is 6.15. The van der Waals surface area contributed by atoms with Crippen LogP contribution in [-0.2, 0) is 4.74 Å². The van der Waals surface area contributed by atoms with Gasteiger partial charge >= 0.3 is 0 Å². The summed E-state index contributed by atoms with van der Waals surface area (Å²) in [7, 11) is 0. The smallest absolute Gasteiger partial charge is 0.220 e. The molecule has 1 aliphatic rings. The molecule has 0 saturated heterocycles. The average molecular weight is 295 g/mol. The van der Waals surface area contributed by atoms with Gasteiger partial charge in [-0.25, -0.2) is 4.99 Å². The molecule has 0 N–H and O–H groups in total. The van der Waals surface area contributed by atoms with Crippen LogP contribution in [0.3, 0.4) is 0 Å². The fourth-order valence-electron chi connectivity index (χ4n) is 2.45. The number of aliphatic imine (C=N–C) groups is 1. The molecule has 1 unspecified atom stereocenters. The summed E-state index contributed by atoms with van der Waals surface area (Å²) in [5, 5.41) is 0. The highest BCUT2D eigenvalue weighted by molar-refractivity contribution is 5.98. The molecule has 0 aromatic heterocycles. The van der Waals surface area contributed by atoms with Crippen LogP contribution in [0.15, 0.2) is 59.6 Å². The largest absolute Gasteiger partial charge is 0.485 e. The van der Waals surface area contributed by atoms with Gasteiger partial charge in [-0.1, -0.05) is 42.5 Å². The molecule has 114 valence electrons. The van der Waals surface area contributed by atoms with Crippen molar-refractivity contribution in [2.75, 3.05) is 6.61 Å². The Morgan fingerprint density at radius 2 is 1.73 bits per heavy atom. The molecule has 3 rings (SSSR count). The Kier molecular flexibility index (Phi) is 3.88. The van der Waals surface area contributed by atoms with Crippen molar-refractivity contribution in [3.63, 3.8) is 0 Å². The van der Waals surface area contributed by atoms with Crippen LogP contribution in [0.4, 0.5) is 0 Å². The number of ether oxygens (including phenoxy) is 2. The molecule has 1 heterocycles. The summed E-state index contributed by atoms with van der Waals surface area (Å²) in [6.45, 7) is 6.78. The van der Waals surface area contributed by atoms with Gasteiger partial charge in [0.2, 0.25) is 5.90 Å². The van der Waals surface area contributed by atoms with Gasteiger partial charge in [0.05, 0.1) is 11.1 Å². The first-order chi connectivity index (χ1) is 10.6. The van der Waals surface area contributed by atoms with E-state index in [9.17, 15) is 0 Å². The molecule has 2 aromatic rings. The summed E-state index contributed by atoms with van der Waals surface area (Å²) in [5.41, 5.74) is 1.88. The molecule has 1 aliphatic heterocycles. The quantitative estimate of drug-likeness (QED) is 0.838. The summed E-state index contributed by atoms with van der Waals surface area (Å²) in [5.74, 6) is 1.47. The van der Waals surface area contributed by atoms with Gasteiger partial charge in [-0.15, -0.1) is 0 Å². The number of nitrogens with zero attached hydrogens (tertiary/aromatic N) is 1. The molecule has 0 fully saturated rings. The van der Waals surface area contributed by atoms with E-state index in [1.165, 1.54) is 0 Å². The normalized spacial score (nSPS) is 17.5. The van der Waals surface area contributed by atoms with Crippen molar-refractivity contribution in [1.29, 1.82) is 0 Å². The van der Waals surface area contributed by atoms with Crippen LogP contribution in [0.25, 0.3) is 0 Å². The van der Waals surface area contributed by atoms with E-state index in [0.29, 0.717) is 12.5 Å². The van der Waals surface area contributed by atoms with E-state index < -0.39 is 0 Å². The van der Waals surface area contributed by atoms with E-state index in [1.54, 1.807) is 0 Å². The van der Waals surface area contributed by atoms with Crippen molar-refractivity contribution in [1.82, 2.24) is 0 Å². The lowest BCUT2D eigenvalue weighted by molar-refractivity contribution is 0.224. The number of benzene rings is 2. The van der Waals surface area contributed by atoms with E-state index in [4.69, 9.17) is 9.47 Å². The third kappa shape index (κ3) is 3.14. The fourth-order valence-corrected chi connectivity index (χ4v) is 2.45. The number of para-hydroxylation sites is 1. The Balaban J connectivity index is 1.86. The van der Waals surface area contributed by atoms with Crippen LogP contribution < -0.4 is 4.74 Å². The van der Waals surface area contributed by atoms with Crippen LogP contribution >= 0.6 is 0 Å². The highest BCUT2D eigenvalue weighted by Crippen LogP contribution is 2.29. The molecule has 0 saturated carbocycles. The average Bonchev–Trinajstić information content (AvgIpc) is 2.88. The predicted molar refractivity (Wildman–Crippen MR) is 88.5 cm³/mol. The maximum atomic E-state index is 6.15. The van der Waals surface area contributed by atoms with Gasteiger partial charge < -0.3 is 9.47 Å². The first-order valence-corrected chi connectivity index (χ1v) is 7.59. The second kappa shape index (κ2) is 5.84. The monoisotopic (exact) mass is 295 g/mol. The van der Waals surface area contributed by atoms with Crippen LogP contribution in [0, 0.1) is 0 Å². The van der Waals surface area contributed by atoms with Gasteiger partial charge in [-0.2, -0.15) is 0 Å². The van der Waals surface area contributed by atoms with Crippen LogP contribution in [0.1, 0.15) is 38.0 Å². The fraction of sp³-hybridized carbons (Fsp3) is 0.316. The minimum atomic E-state index is -0.173. The first kappa shape index (κ1) is 14.6. The first-order valence-electron chi connectivity index (χ1n) is 7.59. The zero-order chi connectivity index (χ0) is 15.6. The van der Waals surface area contributed by atoms with Crippen LogP contribution in [-0.4, -0.2) is 18.0 Å². The summed E-state index contributed by atoms with van der Waals surface area (Å²) in [4.78, 5) is 4.65. The predicted octanol–water partition coefficient (Wildman–Crippen LogP) is 4.38. The van der Waals surface area contributed by atoms with E-state index >= 15 is 0 Å². The van der Waals surface area contributed by atoms with E-state index in [1.807, 2.05) is 49.4 Å².